The van der Waals surface area contributed by atoms with Gasteiger partial charge in [0.25, 0.3) is 5.91 Å². The van der Waals surface area contributed by atoms with Crippen LogP contribution in [0.2, 0.25) is 0 Å². The minimum absolute atomic E-state index is 0.172. The second-order valence-corrected chi connectivity index (χ2v) is 10.7. The first-order valence-corrected chi connectivity index (χ1v) is 13.3. The van der Waals surface area contributed by atoms with Crippen LogP contribution >= 0.6 is 0 Å². The molecular weight excluding hydrogens is 454 g/mol. The Morgan fingerprint density at radius 2 is 1.50 bits per heavy atom. The quantitative estimate of drug-likeness (QED) is 0.614. The molecule has 2 aromatic carbocycles. The summed E-state index contributed by atoms with van der Waals surface area (Å²) in [6.07, 6.45) is 4.88. The van der Waals surface area contributed by atoms with Crippen LogP contribution < -0.4 is 19.7 Å². The van der Waals surface area contributed by atoms with Gasteiger partial charge in [-0.3, -0.25) is 4.79 Å². The molecule has 4 rings (SSSR count). The van der Waals surface area contributed by atoms with E-state index in [1.807, 2.05) is 12.1 Å². The smallest absolute Gasteiger partial charge is 0.253 e. The van der Waals surface area contributed by atoms with Crippen molar-refractivity contribution in [3.63, 3.8) is 0 Å². The van der Waals surface area contributed by atoms with Gasteiger partial charge in [0.15, 0.2) is 0 Å². The van der Waals surface area contributed by atoms with Crippen molar-refractivity contribution >= 4 is 21.6 Å². The van der Waals surface area contributed by atoms with Gasteiger partial charge in [0.05, 0.1) is 24.7 Å². The summed E-state index contributed by atoms with van der Waals surface area (Å²) in [6, 6.07) is 10.4. The molecular formula is C25H33N3O5S. The zero-order chi connectivity index (χ0) is 24.1. The summed E-state index contributed by atoms with van der Waals surface area (Å²) in [6.45, 7) is 3.01. The first-order chi connectivity index (χ1) is 16.4. The largest absolute Gasteiger partial charge is 0.497 e. The second-order valence-electron chi connectivity index (χ2n) is 8.74. The standard InChI is InChI=1S/C25H33N3O5S/c1-32-20-14-19(15-21(16-20)33-2)18-26-25(29)23-17-22(8-9-24(23)27-10-6-7-11-27)34(30,31)28-12-4-3-5-13-28/h8-9,14-17H,3-7,10-13,18H2,1-2H3,(H,26,29). The third-order valence-electron chi connectivity index (χ3n) is 6.48. The van der Waals surface area contributed by atoms with Gasteiger partial charge in [0.1, 0.15) is 11.5 Å². The Labute approximate surface area is 201 Å². The van der Waals surface area contributed by atoms with Crippen LogP contribution in [0, 0.1) is 0 Å². The number of nitrogens with zero attached hydrogens (tertiary/aromatic N) is 2. The maximum absolute atomic E-state index is 13.4. The number of hydrogen-bond acceptors (Lipinski definition) is 6. The molecule has 0 radical (unpaired) electrons. The first-order valence-electron chi connectivity index (χ1n) is 11.8. The van der Waals surface area contributed by atoms with Crippen molar-refractivity contribution in [3.8, 4) is 11.5 Å². The molecule has 1 N–H and O–H groups in total. The van der Waals surface area contributed by atoms with Gasteiger partial charge in [-0.05, 0) is 61.6 Å². The van der Waals surface area contributed by atoms with Gasteiger partial charge in [-0.1, -0.05) is 6.42 Å². The summed E-state index contributed by atoms with van der Waals surface area (Å²) in [7, 11) is -0.487. The molecule has 9 heteroatoms. The highest BCUT2D eigenvalue weighted by atomic mass is 32.2. The number of carbonyl (C=O) groups is 1. The van der Waals surface area contributed by atoms with Gasteiger partial charge < -0.3 is 19.7 Å². The van der Waals surface area contributed by atoms with E-state index in [2.05, 4.69) is 10.2 Å². The lowest BCUT2D eigenvalue weighted by Crippen LogP contribution is -2.36. The van der Waals surface area contributed by atoms with E-state index in [0.717, 1.165) is 56.4 Å². The average molecular weight is 488 g/mol. The molecule has 2 heterocycles. The van der Waals surface area contributed by atoms with Crippen LogP contribution in [0.4, 0.5) is 5.69 Å². The van der Waals surface area contributed by atoms with Crippen LogP contribution in [-0.4, -0.2) is 59.0 Å². The lowest BCUT2D eigenvalue weighted by atomic mass is 10.1. The highest BCUT2D eigenvalue weighted by Crippen LogP contribution is 2.30. The van der Waals surface area contributed by atoms with Crippen molar-refractivity contribution in [2.24, 2.45) is 0 Å². The molecule has 184 valence electrons. The molecule has 0 atom stereocenters. The minimum Gasteiger partial charge on any atom is -0.497 e. The molecule has 0 saturated carbocycles. The normalized spacial score (nSPS) is 16.9. The number of methoxy groups -OCH3 is 2. The van der Waals surface area contributed by atoms with Gasteiger partial charge in [0.2, 0.25) is 10.0 Å². The molecule has 2 aromatic rings. The van der Waals surface area contributed by atoms with E-state index in [1.54, 1.807) is 38.5 Å². The Hall–Kier alpha value is -2.78. The van der Waals surface area contributed by atoms with Gasteiger partial charge in [-0.25, -0.2) is 8.42 Å². The Morgan fingerprint density at radius 3 is 2.12 bits per heavy atom. The van der Waals surface area contributed by atoms with Crippen molar-refractivity contribution < 1.29 is 22.7 Å². The van der Waals surface area contributed by atoms with Crippen LogP contribution in [0.5, 0.6) is 11.5 Å². The van der Waals surface area contributed by atoms with E-state index in [4.69, 9.17) is 9.47 Å². The fraction of sp³-hybridized carbons (Fsp3) is 0.480. The van der Waals surface area contributed by atoms with E-state index < -0.39 is 10.0 Å². The van der Waals surface area contributed by atoms with Crippen molar-refractivity contribution in [2.75, 3.05) is 45.3 Å². The molecule has 0 aromatic heterocycles. The average Bonchev–Trinajstić information content (AvgIpc) is 3.42. The topological polar surface area (TPSA) is 88.2 Å². The number of ether oxygens (including phenoxy) is 2. The monoisotopic (exact) mass is 487 g/mol. The van der Waals surface area contributed by atoms with E-state index in [1.165, 1.54) is 4.31 Å². The molecule has 2 aliphatic rings. The fourth-order valence-corrected chi connectivity index (χ4v) is 6.14. The maximum atomic E-state index is 13.4. The number of hydrogen-bond donors (Lipinski definition) is 1. The number of rotatable bonds is 8. The van der Waals surface area contributed by atoms with Crippen molar-refractivity contribution in [1.82, 2.24) is 9.62 Å². The predicted octanol–water partition coefficient (Wildman–Crippen LogP) is 3.41. The van der Waals surface area contributed by atoms with Crippen LogP contribution in [0.25, 0.3) is 0 Å². The molecule has 0 aliphatic carbocycles. The Kier molecular flexibility index (Phi) is 7.63. The fourth-order valence-electron chi connectivity index (χ4n) is 4.59. The summed E-state index contributed by atoms with van der Waals surface area (Å²) >= 11 is 0. The first kappa shape index (κ1) is 24.3. The summed E-state index contributed by atoms with van der Waals surface area (Å²) in [5, 5.41) is 2.95. The summed E-state index contributed by atoms with van der Waals surface area (Å²) in [5.41, 5.74) is 1.98. The van der Waals surface area contributed by atoms with Crippen molar-refractivity contribution in [1.29, 1.82) is 0 Å². The second kappa shape index (κ2) is 10.7. The highest BCUT2D eigenvalue weighted by Gasteiger charge is 2.28. The third kappa shape index (κ3) is 5.31. The van der Waals surface area contributed by atoms with Gasteiger partial charge in [-0.2, -0.15) is 4.31 Å². The molecule has 2 aliphatic heterocycles. The van der Waals surface area contributed by atoms with Crippen molar-refractivity contribution in [3.05, 3.63) is 47.5 Å². The lowest BCUT2D eigenvalue weighted by Gasteiger charge is -2.27. The third-order valence-corrected chi connectivity index (χ3v) is 8.37. The van der Waals surface area contributed by atoms with Gasteiger partial charge in [-0.15, -0.1) is 0 Å². The van der Waals surface area contributed by atoms with E-state index >= 15 is 0 Å². The number of nitrogens with one attached hydrogen (secondary N) is 1. The lowest BCUT2D eigenvalue weighted by molar-refractivity contribution is 0.0951. The molecule has 8 nitrogen and oxygen atoms in total. The Balaban J connectivity index is 1.61. The van der Waals surface area contributed by atoms with Crippen molar-refractivity contribution in [2.45, 2.75) is 43.5 Å². The maximum Gasteiger partial charge on any atom is 0.253 e. The summed E-state index contributed by atoms with van der Waals surface area (Å²) < 4.78 is 38.7. The molecule has 2 fully saturated rings. The predicted molar refractivity (Wildman–Crippen MR) is 131 cm³/mol. The van der Waals surface area contributed by atoms with E-state index in [-0.39, 0.29) is 17.3 Å². The molecule has 0 spiro atoms. The Bertz CT molecular complexity index is 1100. The molecule has 0 bridgehead atoms. The molecule has 0 unspecified atom stereocenters. The highest BCUT2D eigenvalue weighted by molar-refractivity contribution is 7.89. The summed E-state index contributed by atoms with van der Waals surface area (Å²) in [5.74, 6) is 0.964. The number of piperidine rings is 1. The Morgan fingerprint density at radius 1 is 0.882 bits per heavy atom. The van der Waals surface area contributed by atoms with Gasteiger partial charge in [0, 0.05) is 44.5 Å². The summed E-state index contributed by atoms with van der Waals surface area (Å²) in [4.78, 5) is 15.7. The molecule has 34 heavy (non-hydrogen) atoms. The van der Waals surface area contributed by atoms with Crippen LogP contribution in [0.15, 0.2) is 41.3 Å². The van der Waals surface area contributed by atoms with Gasteiger partial charge >= 0.3 is 0 Å². The molecule has 1 amide bonds. The zero-order valence-corrected chi connectivity index (χ0v) is 20.7. The molecule has 2 saturated heterocycles. The number of carbonyl (C=O) groups excluding carboxylic acids is 1. The zero-order valence-electron chi connectivity index (χ0n) is 19.9. The number of amides is 1. The number of sulfonamides is 1. The van der Waals surface area contributed by atoms with Crippen LogP contribution in [-0.2, 0) is 16.6 Å². The van der Waals surface area contributed by atoms with Crippen LogP contribution in [0.3, 0.4) is 0 Å². The number of benzene rings is 2. The number of anilines is 1. The SMILES string of the molecule is COc1cc(CNC(=O)c2cc(S(=O)(=O)N3CCCCC3)ccc2N2CCCC2)cc(OC)c1. The van der Waals surface area contributed by atoms with E-state index in [9.17, 15) is 13.2 Å². The van der Waals surface area contributed by atoms with E-state index in [0.29, 0.717) is 30.2 Å². The minimum atomic E-state index is -3.64. The van der Waals surface area contributed by atoms with Crippen LogP contribution in [0.1, 0.15) is 48.0 Å².